The number of hydrogen-bond donors (Lipinski definition) is 1. The summed E-state index contributed by atoms with van der Waals surface area (Å²) in [6.07, 6.45) is 4.73. The third-order valence-electron chi connectivity index (χ3n) is 5.19. The van der Waals surface area contributed by atoms with E-state index >= 15 is 0 Å². The minimum Gasteiger partial charge on any atom is -0.378 e. The number of nitrogens with zero attached hydrogens (tertiary/aromatic N) is 4. The molecule has 2 atom stereocenters. The van der Waals surface area contributed by atoms with Gasteiger partial charge in [0.25, 0.3) is 0 Å². The molecule has 2 aliphatic rings. The van der Waals surface area contributed by atoms with E-state index in [0.717, 1.165) is 47.8 Å². The number of hydrogen-bond acceptors (Lipinski definition) is 5. The number of carbonyl (C=O) groups excluding carboxylic acids is 1. The van der Waals surface area contributed by atoms with Crippen LogP contribution in [-0.4, -0.2) is 47.0 Å². The molecular formula is C19H25N5O2. The lowest BCUT2D eigenvalue weighted by atomic mass is 10.1. The molecule has 0 unspecified atom stereocenters. The van der Waals surface area contributed by atoms with Gasteiger partial charge in [-0.1, -0.05) is 0 Å². The second kappa shape index (κ2) is 6.72. The van der Waals surface area contributed by atoms with E-state index in [1.54, 1.807) is 4.68 Å². The monoisotopic (exact) mass is 355 g/mol. The van der Waals surface area contributed by atoms with Gasteiger partial charge in [0.15, 0.2) is 0 Å². The molecule has 138 valence electrons. The van der Waals surface area contributed by atoms with Gasteiger partial charge in [-0.15, -0.1) is 0 Å². The zero-order chi connectivity index (χ0) is 18.3. The fourth-order valence-electron chi connectivity index (χ4n) is 3.72. The number of rotatable bonds is 4. The molecule has 0 aromatic carbocycles. The van der Waals surface area contributed by atoms with Crippen molar-refractivity contribution >= 4 is 17.3 Å². The third-order valence-corrected chi connectivity index (χ3v) is 5.19. The van der Waals surface area contributed by atoms with Crippen molar-refractivity contribution in [1.29, 1.82) is 0 Å². The highest BCUT2D eigenvalue weighted by molar-refractivity contribution is 5.98. The van der Waals surface area contributed by atoms with E-state index in [4.69, 9.17) is 4.74 Å². The number of ether oxygens (including phenoxy) is 1. The lowest BCUT2D eigenvalue weighted by Gasteiger charge is -2.31. The molecule has 1 saturated carbocycles. The van der Waals surface area contributed by atoms with Crippen LogP contribution < -0.4 is 10.2 Å². The Labute approximate surface area is 153 Å². The first-order valence-electron chi connectivity index (χ1n) is 9.13. The Hall–Kier alpha value is -2.41. The van der Waals surface area contributed by atoms with Crippen molar-refractivity contribution in [2.75, 3.05) is 36.5 Å². The van der Waals surface area contributed by atoms with Gasteiger partial charge in [-0.3, -0.25) is 14.5 Å². The van der Waals surface area contributed by atoms with Crippen LogP contribution in [0.5, 0.6) is 0 Å². The second-order valence-electron chi connectivity index (χ2n) is 7.23. The maximum absolute atomic E-state index is 12.8. The van der Waals surface area contributed by atoms with E-state index in [1.165, 1.54) is 0 Å². The van der Waals surface area contributed by atoms with Gasteiger partial charge in [0.1, 0.15) is 0 Å². The molecule has 1 aliphatic heterocycles. The zero-order valence-electron chi connectivity index (χ0n) is 15.5. The van der Waals surface area contributed by atoms with Crippen LogP contribution in [0.2, 0.25) is 0 Å². The van der Waals surface area contributed by atoms with E-state index in [-0.39, 0.29) is 17.7 Å². The quantitative estimate of drug-likeness (QED) is 0.908. The maximum Gasteiger partial charge on any atom is 0.228 e. The highest BCUT2D eigenvalue weighted by Crippen LogP contribution is 2.48. The molecule has 0 spiro atoms. The molecular weight excluding hydrogens is 330 g/mol. The number of aryl methyl sites for hydroxylation is 3. The maximum atomic E-state index is 12.8. The van der Waals surface area contributed by atoms with Crippen LogP contribution in [0, 0.1) is 19.8 Å². The van der Waals surface area contributed by atoms with Crippen molar-refractivity contribution in [1.82, 2.24) is 14.8 Å². The van der Waals surface area contributed by atoms with Gasteiger partial charge in [0, 0.05) is 37.9 Å². The minimum atomic E-state index is 0.0115. The Balaban J connectivity index is 1.53. The fourth-order valence-corrected chi connectivity index (χ4v) is 3.72. The third kappa shape index (κ3) is 3.31. The summed E-state index contributed by atoms with van der Waals surface area (Å²) >= 11 is 0. The summed E-state index contributed by atoms with van der Waals surface area (Å²) in [4.78, 5) is 19.7. The highest BCUT2D eigenvalue weighted by Gasteiger charge is 2.45. The second-order valence-corrected chi connectivity index (χ2v) is 7.23. The predicted octanol–water partition coefficient (Wildman–Crippen LogP) is 2.01. The smallest absolute Gasteiger partial charge is 0.228 e. The standard InChI is InChI=1S/C19H25N5O2/c1-12-8-17(24-4-6-26-7-5-24)18(13(2)21-12)22-19(25)16-9-15(16)14-10-20-23(3)11-14/h8,10-11,15-16H,4-7,9H2,1-3H3,(H,22,25)/t15-,16+/m0/s1. The van der Waals surface area contributed by atoms with E-state index in [2.05, 4.69) is 26.4 Å². The van der Waals surface area contributed by atoms with Crippen molar-refractivity contribution in [3.8, 4) is 0 Å². The summed E-state index contributed by atoms with van der Waals surface area (Å²) in [6.45, 7) is 7.01. The zero-order valence-corrected chi connectivity index (χ0v) is 15.5. The minimum absolute atomic E-state index is 0.0115. The summed E-state index contributed by atoms with van der Waals surface area (Å²) < 4.78 is 7.25. The van der Waals surface area contributed by atoms with E-state index in [1.807, 2.05) is 33.3 Å². The van der Waals surface area contributed by atoms with Crippen LogP contribution in [0.3, 0.4) is 0 Å². The Morgan fingerprint density at radius 2 is 2.08 bits per heavy atom. The molecule has 1 saturated heterocycles. The molecule has 1 N–H and O–H groups in total. The predicted molar refractivity (Wildman–Crippen MR) is 99.4 cm³/mol. The average molecular weight is 355 g/mol. The largest absolute Gasteiger partial charge is 0.378 e. The summed E-state index contributed by atoms with van der Waals surface area (Å²) in [5, 5.41) is 7.37. The Morgan fingerprint density at radius 3 is 2.77 bits per heavy atom. The molecule has 0 bridgehead atoms. The number of amides is 1. The molecule has 2 fully saturated rings. The molecule has 7 heteroatoms. The average Bonchev–Trinajstić information content (AvgIpc) is 3.32. The topological polar surface area (TPSA) is 72.3 Å². The number of anilines is 2. The fraction of sp³-hybridized carbons (Fsp3) is 0.526. The lowest BCUT2D eigenvalue weighted by Crippen LogP contribution is -2.37. The Morgan fingerprint density at radius 1 is 1.31 bits per heavy atom. The molecule has 2 aromatic rings. The van der Waals surface area contributed by atoms with Crippen molar-refractivity contribution in [2.45, 2.75) is 26.2 Å². The van der Waals surface area contributed by atoms with Crippen LogP contribution >= 0.6 is 0 Å². The van der Waals surface area contributed by atoms with Crippen molar-refractivity contribution < 1.29 is 9.53 Å². The summed E-state index contributed by atoms with van der Waals surface area (Å²) in [7, 11) is 1.90. The van der Waals surface area contributed by atoms with Crippen molar-refractivity contribution in [3.05, 3.63) is 35.4 Å². The number of aromatic nitrogens is 3. The lowest BCUT2D eigenvalue weighted by molar-refractivity contribution is -0.117. The molecule has 4 rings (SSSR count). The van der Waals surface area contributed by atoms with Gasteiger partial charge in [-0.05, 0) is 37.8 Å². The summed E-state index contributed by atoms with van der Waals surface area (Å²) in [5.41, 5.74) is 4.84. The van der Waals surface area contributed by atoms with Crippen molar-refractivity contribution in [3.63, 3.8) is 0 Å². The summed E-state index contributed by atoms with van der Waals surface area (Å²) in [6, 6.07) is 2.05. The van der Waals surface area contributed by atoms with Crippen LogP contribution in [0.4, 0.5) is 11.4 Å². The summed E-state index contributed by atoms with van der Waals surface area (Å²) in [5.74, 6) is 0.355. The van der Waals surface area contributed by atoms with Gasteiger partial charge in [0.05, 0.1) is 36.5 Å². The molecule has 0 radical (unpaired) electrons. The van der Waals surface area contributed by atoms with Gasteiger partial charge < -0.3 is 15.0 Å². The SMILES string of the molecule is Cc1cc(N2CCOCC2)c(NC(=O)[C@@H]2C[C@H]2c2cnn(C)c2)c(C)n1. The molecule has 3 heterocycles. The van der Waals surface area contributed by atoms with Gasteiger partial charge in [-0.25, -0.2) is 0 Å². The molecule has 1 amide bonds. The molecule has 26 heavy (non-hydrogen) atoms. The highest BCUT2D eigenvalue weighted by atomic mass is 16.5. The number of nitrogens with one attached hydrogen (secondary N) is 1. The van der Waals surface area contributed by atoms with E-state index in [0.29, 0.717) is 13.2 Å². The van der Waals surface area contributed by atoms with Crippen LogP contribution in [0.25, 0.3) is 0 Å². The van der Waals surface area contributed by atoms with E-state index in [9.17, 15) is 4.79 Å². The Bertz CT molecular complexity index is 825. The van der Waals surface area contributed by atoms with Gasteiger partial charge in [0.2, 0.25) is 5.91 Å². The van der Waals surface area contributed by atoms with Gasteiger partial charge >= 0.3 is 0 Å². The van der Waals surface area contributed by atoms with Crippen LogP contribution in [0.1, 0.15) is 29.3 Å². The van der Waals surface area contributed by atoms with Crippen LogP contribution in [-0.2, 0) is 16.6 Å². The van der Waals surface area contributed by atoms with Crippen LogP contribution in [0.15, 0.2) is 18.5 Å². The number of carbonyl (C=O) groups is 1. The number of pyridine rings is 1. The van der Waals surface area contributed by atoms with Crippen molar-refractivity contribution in [2.24, 2.45) is 13.0 Å². The Kier molecular flexibility index (Phi) is 4.40. The molecule has 2 aromatic heterocycles. The van der Waals surface area contributed by atoms with E-state index < -0.39 is 0 Å². The number of morpholine rings is 1. The molecule has 1 aliphatic carbocycles. The first-order chi connectivity index (χ1) is 12.5. The first-order valence-corrected chi connectivity index (χ1v) is 9.13. The van der Waals surface area contributed by atoms with Gasteiger partial charge in [-0.2, -0.15) is 5.10 Å². The molecule has 7 nitrogen and oxygen atoms in total. The normalized spacial score (nSPS) is 22.3. The first kappa shape index (κ1) is 17.0.